The zero-order valence-electron chi connectivity index (χ0n) is 22.3. The van der Waals surface area contributed by atoms with Gasteiger partial charge in [-0.05, 0) is 47.2 Å². The second-order valence-corrected chi connectivity index (χ2v) is 11.1. The Morgan fingerprint density at radius 3 is 2.05 bits per heavy atom. The Morgan fingerprint density at radius 2 is 1.41 bits per heavy atom. The maximum absolute atomic E-state index is 5.13. The van der Waals surface area contributed by atoms with Gasteiger partial charge in [0.25, 0.3) is 0 Å². The third-order valence-corrected chi connectivity index (χ3v) is 8.09. The van der Waals surface area contributed by atoms with E-state index >= 15 is 0 Å². The molecule has 0 aliphatic rings. The summed E-state index contributed by atoms with van der Waals surface area (Å²) in [4.78, 5) is 18.5. The molecule has 0 bridgehead atoms. The molecule has 0 radical (unpaired) electrons. The molecule has 11 heteroatoms. The number of methoxy groups -OCH3 is 1. The zero-order valence-corrected chi connectivity index (χ0v) is 23.9. The Morgan fingerprint density at radius 1 is 0.756 bits per heavy atom. The summed E-state index contributed by atoms with van der Waals surface area (Å²) >= 11 is 3.32. The van der Waals surface area contributed by atoms with Crippen LogP contribution in [0, 0.1) is 0 Å². The van der Waals surface area contributed by atoms with Crippen LogP contribution in [0.25, 0.3) is 66.4 Å². The van der Waals surface area contributed by atoms with E-state index < -0.39 is 0 Å². The number of aromatic nitrogens is 8. The Kier molecular flexibility index (Phi) is 6.67. The smallest absolute Gasteiger partial charge is 0.0946 e. The minimum Gasteiger partial charge on any atom is -0.383 e. The van der Waals surface area contributed by atoms with E-state index in [4.69, 9.17) is 9.72 Å². The van der Waals surface area contributed by atoms with Gasteiger partial charge in [-0.3, -0.25) is 19.3 Å². The van der Waals surface area contributed by atoms with E-state index in [2.05, 4.69) is 54.1 Å². The highest BCUT2D eigenvalue weighted by Crippen LogP contribution is 2.26. The number of rotatable bonds is 5. The van der Waals surface area contributed by atoms with E-state index in [0.29, 0.717) is 6.61 Å². The van der Waals surface area contributed by atoms with Crippen LogP contribution in [0.15, 0.2) is 82.7 Å². The minimum absolute atomic E-state index is 0.634. The van der Waals surface area contributed by atoms with Crippen LogP contribution in [0.2, 0.25) is 0 Å². The molecule has 0 atom stereocenters. The summed E-state index contributed by atoms with van der Waals surface area (Å²) in [5, 5.41) is 19.2. The van der Waals surface area contributed by atoms with E-state index in [9.17, 15) is 0 Å². The number of aryl methyl sites for hydroxylation is 1. The minimum atomic E-state index is 0.634. The van der Waals surface area contributed by atoms with Crippen LogP contribution < -0.4 is 0 Å². The molecule has 41 heavy (non-hydrogen) atoms. The first-order chi connectivity index (χ1) is 20.1. The molecular weight excluding hydrogens is 553 g/mol. The molecule has 6 aromatic heterocycles. The number of fused-ring (bicyclic) bond motifs is 4. The second kappa shape index (κ2) is 10.8. The number of thiophene rings is 2. The van der Waals surface area contributed by atoms with Gasteiger partial charge in [-0.2, -0.15) is 32.9 Å². The lowest BCUT2D eigenvalue weighted by atomic mass is 10.2. The number of hydrogen-bond acceptors (Lipinski definition) is 9. The highest BCUT2D eigenvalue weighted by atomic mass is 32.1. The maximum atomic E-state index is 5.13. The monoisotopic (exact) mass is 576 g/mol. The van der Waals surface area contributed by atoms with Gasteiger partial charge in [-0.25, -0.2) is 9.97 Å². The van der Waals surface area contributed by atoms with Gasteiger partial charge in [0, 0.05) is 53.0 Å². The van der Waals surface area contributed by atoms with E-state index in [0.717, 1.165) is 72.9 Å². The van der Waals surface area contributed by atoms with Gasteiger partial charge in [0.15, 0.2) is 0 Å². The quantitative estimate of drug-likeness (QED) is 0.228. The van der Waals surface area contributed by atoms with Crippen molar-refractivity contribution in [3.8, 4) is 22.5 Å². The normalized spacial score (nSPS) is 11.5. The summed E-state index contributed by atoms with van der Waals surface area (Å²) in [6.45, 7) is 1.36. The Balaban J connectivity index is 0.000000136. The van der Waals surface area contributed by atoms with Crippen molar-refractivity contribution in [1.29, 1.82) is 0 Å². The second-order valence-electron chi connectivity index (χ2n) is 9.50. The van der Waals surface area contributed by atoms with Gasteiger partial charge in [-0.15, -0.1) is 0 Å². The standard InChI is InChI=1S/C16H14N4OS.C14H10N4S/c1-21-4-3-20-16-7-14-13(6-12(16)8-18-20)17-9-15(19-14)11-2-5-22-10-11;1-18-7-10-4-12-13(5-11(10)17-18)16-14(6-15-12)9-2-3-19-8-9/h2,5-10H,3-4H2,1H3;2-8H,1H3. The van der Waals surface area contributed by atoms with E-state index in [-0.39, 0.29) is 0 Å². The van der Waals surface area contributed by atoms with Crippen LogP contribution in [0.1, 0.15) is 0 Å². The van der Waals surface area contributed by atoms with Crippen LogP contribution in [0.3, 0.4) is 0 Å². The molecule has 6 heterocycles. The molecule has 202 valence electrons. The molecule has 0 fully saturated rings. The van der Waals surface area contributed by atoms with Crippen molar-refractivity contribution in [2.75, 3.05) is 13.7 Å². The lowest BCUT2D eigenvalue weighted by Crippen LogP contribution is -2.05. The molecule has 8 aromatic rings. The third kappa shape index (κ3) is 5.06. The number of benzene rings is 2. The van der Waals surface area contributed by atoms with Crippen molar-refractivity contribution in [3.05, 3.63) is 82.7 Å². The predicted octanol–water partition coefficient (Wildman–Crippen LogP) is 6.60. The molecule has 8 rings (SSSR count). The predicted molar refractivity (Wildman–Crippen MR) is 165 cm³/mol. The summed E-state index contributed by atoms with van der Waals surface area (Å²) in [6, 6.07) is 12.2. The van der Waals surface area contributed by atoms with Gasteiger partial charge in [-0.1, -0.05) is 0 Å². The van der Waals surface area contributed by atoms with Crippen LogP contribution >= 0.6 is 22.7 Å². The van der Waals surface area contributed by atoms with E-state index in [1.165, 1.54) is 0 Å². The Hall–Kier alpha value is -4.58. The molecular formula is C30H24N8OS2. The van der Waals surface area contributed by atoms with Crippen LogP contribution in [0.5, 0.6) is 0 Å². The largest absolute Gasteiger partial charge is 0.383 e. The third-order valence-electron chi connectivity index (χ3n) is 6.73. The maximum Gasteiger partial charge on any atom is 0.0946 e. The van der Waals surface area contributed by atoms with E-state index in [1.54, 1.807) is 29.8 Å². The van der Waals surface area contributed by atoms with Gasteiger partial charge < -0.3 is 4.74 Å². The van der Waals surface area contributed by atoms with Gasteiger partial charge in [0.1, 0.15) is 0 Å². The van der Waals surface area contributed by atoms with Crippen LogP contribution in [0.4, 0.5) is 0 Å². The average molecular weight is 577 g/mol. The molecule has 0 amide bonds. The van der Waals surface area contributed by atoms with Crippen LogP contribution in [-0.4, -0.2) is 53.2 Å². The molecule has 0 aliphatic heterocycles. The van der Waals surface area contributed by atoms with Crippen molar-refractivity contribution in [2.45, 2.75) is 6.54 Å². The first-order valence-corrected chi connectivity index (χ1v) is 14.8. The van der Waals surface area contributed by atoms with E-state index in [1.807, 2.05) is 70.2 Å². The molecule has 0 saturated heterocycles. The van der Waals surface area contributed by atoms with Crippen molar-refractivity contribution in [3.63, 3.8) is 0 Å². The summed E-state index contributed by atoms with van der Waals surface area (Å²) in [5.74, 6) is 0. The molecule has 0 N–H and O–H groups in total. The fourth-order valence-electron chi connectivity index (χ4n) is 4.69. The summed E-state index contributed by atoms with van der Waals surface area (Å²) in [5.41, 5.74) is 9.59. The SMILES string of the molecule is COCCn1ncc2cc3ncc(-c4ccsc4)nc3cc21.Cn1cc2cc3ncc(-c4ccsc4)nc3cc2n1. The fraction of sp³-hybridized carbons (Fsp3) is 0.133. The first-order valence-electron chi connectivity index (χ1n) is 12.9. The molecule has 0 aliphatic carbocycles. The average Bonchev–Trinajstić information content (AvgIpc) is 3.81. The topological polar surface area (TPSA) is 96.4 Å². The molecule has 9 nitrogen and oxygen atoms in total. The van der Waals surface area contributed by atoms with Crippen molar-refractivity contribution in [1.82, 2.24) is 39.5 Å². The molecule has 2 aromatic carbocycles. The number of ether oxygens (including phenoxy) is 1. The Labute approximate surface area is 242 Å². The van der Waals surface area contributed by atoms with Crippen molar-refractivity contribution in [2.24, 2.45) is 7.05 Å². The summed E-state index contributed by atoms with van der Waals surface area (Å²) in [6.07, 6.45) is 7.50. The van der Waals surface area contributed by atoms with Gasteiger partial charge in [0.2, 0.25) is 0 Å². The van der Waals surface area contributed by atoms with Gasteiger partial charge in [0.05, 0.1) is 76.2 Å². The first kappa shape index (κ1) is 25.4. The number of nitrogens with zero attached hydrogens (tertiary/aromatic N) is 8. The lowest BCUT2D eigenvalue weighted by Gasteiger charge is -2.04. The molecule has 0 unspecified atom stereocenters. The zero-order chi connectivity index (χ0) is 27.8. The number of hydrogen-bond donors (Lipinski definition) is 0. The molecule has 0 spiro atoms. The lowest BCUT2D eigenvalue weighted by molar-refractivity contribution is 0.185. The van der Waals surface area contributed by atoms with Crippen molar-refractivity contribution < 1.29 is 4.74 Å². The summed E-state index contributed by atoms with van der Waals surface area (Å²) < 4.78 is 8.88. The summed E-state index contributed by atoms with van der Waals surface area (Å²) in [7, 11) is 3.61. The van der Waals surface area contributed by atoms with Crippen LogP contribution in [-0.2, 0) is 18.3 Å². The molecule has 0 saturated carbocycles. The Bertz CT molecular complexity index is 2110. The van der Waals surface area contributed by atoms with Gasteiger partial charge >= 0.3 is 0 Å². The highest BCUT2D eigenvalue weighted by molar-refractivity contribution is 7.08. The fourth-order valence-corrected chi connectivity index (χ4v) is 5.99. The highest BCUT2D eigenvalue weighted by Gasteiger charge is 2.09. The van der Waals surface area contributed by atoms with Crippen molar-refractivity contribution >= 4 is 66.5 Å².